The molecule has 224 valence electrons. The summed E-state index contributed by atoms with van der Waals surface area (Å²) >= 11 is 0. The molecule has 5 rings (SSSR count). The zero-order valence-corrected chi connectivity index (χ0v) is 23.1. The van der Waals surface area contributed by atoms with Gasteiger partial charge in [0.1, 0.15) is 22.8 Å². The van der Waals surface area contributed by atoms with Crippen LogP contribution in [0.5, 0.6) is 5.75 Å². The van der Waals surface area contributed by atoms with Crippen LogP contribution in [0.1, 0.15) is 30.5 Å². The van der Waals surface area contributed by atoms with Gasteiger partial charge < -0.3 is 35.8 Å². The average Bonchev–Trinajstić information content (AvgIpc) is 2.87. The number of nitrogens with zero attached hydrogens (tertiary/aromatic N) is 3. The lowest BCUT2D eigenvalue weighted by atomic mass is 9.57. The first kappa shape index (κ1) is 30.5. The fourth-order valence-electron chi connectivity index (χ4n) is 6.87. The predicted molar refractivity (Wildman–Crippen MR) is 151 cm³/mol. The van der Waals surface area contributed by atoms with E-state index >= 15 is 0 Å². The second-order valence-electron chi connectivity index (χ2n) is 11.5. The number of Topliss-reactive ketones (excluding diaryl/α,β-unsaturated/α-hetero) is 2. The van der Waals surface area contributed by atoms with E-state index in [1.165, 1.54) is 4.90 Å². The van der Waals surface area contributed by atoms with Crippen LogP contribution in [0.25, 0.3) is 5.76 Å². The van der Waals surface area contributed by atoms with Gasteiger partial charge in [-0.25, -0.2) is 0 Å². The molecule has 1 aliphatic heterocycles. The molecule has 1 saturated heterocycles. The minimum atomic E-state index is -2.66. The van der Waals surface area contributed by atoms with Crippen molar-refractivity contribution in [3.8, 4) is 5.75 Å². The quantitative estimate of drug-likeness (QED) is 0.311. The minimum Gasteiger partial charge on any atom is -0.508 e. The summed E-state index contributed by atoms with van der Waals surface area (Å²) in [6.45, 7) is 2.88. The maximum Gasteiger partial charge on any atom is 0.255 e. The van der Waals surface area contributed by atoms with E-state index in [9.17, 15) is 34.8 Å². The number of amides is 1. The second-order valence-corrected chi connectivity index (χ2v) is 11.5. The Morgan fingerprint density at radius 3 is 2.34 bits per heavy atom. The first-order valence-electron chi connectivity index (χ1n) is 13.3. The lowest BCUT2D eigenvalue weighted by molar-refractivity contribution is -0.153. The molecule has 12 nitrogen and oxygen atoms in total. The Kier molecular flexibility index (Phi) is 8.00. The normalized spacial score (nSPS) is 28.2. The van der Waals surface area contributed by atoms with Crippen LogP contribution in [0.3, 0.4) is 0 Å². The van der Waals surface area contributed by atoms with Crippen molar-refractivity contribution in [1.82, 2.24) is 9.80 Å². The van der Waals surface area contributed by atoms with Crippen molar-refractivity contribution in [2.45, 2.75) is 38.5 Å². The summed E-state index contributed by atoms with van der Waals surface area (Å²) in [6.07, 6.45) is 0.294. The van der Waals surface area contributed by atoms with Crippen LogP contribution in [-0.2, 0) is 32.1 Å². The molecule has 12 heteroatoms. The Morgan fingerprint density at radius 1 is 1.15 bits per heavy atom. The van der Waals surface area contributed by atoms with Gasteiger partial charge in [0, 0.05) is 56.5 Å². The van der Waals surface area contributed by atoms with Gasteiger partial charge in [0.15, 0.2) is 11.4 Å². The van der Waals surface area contributed by atoms with Crippen molar-refractivity contribution >= 4 is 28.9 Å². The third kappa shape index (κ3) is 4.49. The van der Waals surface area contributed by atoms with E-state index in [-0.39, 0.29) is 37.2 Å². The summed E-state index contributed by atoms with van der Waals surface area (Å²) in [7, 11) is 6.85. The number of hydrogen-bond acceptors (Lipinski definition) is 11. The molecular weight excluding hydrogens is 532 g/mol. The number of primary amides is 1. The van der Waals surface area contributed by atoms with Gasteiger partial charge in [-0.15, -0.1) is 0 Å². The van der Waals surface area contributed by atoms with Crippen LogP contribution in [0, 0.1) is 11.8 Å². The number of fused-ring (bicyclic) bond motifs is 3. The molecule has 0 bridgehead atoms. The van der Waals surface area contributed by atoms with Crippen LogP contribution >= 0.6 is 0 Å². The number of likely N-dealkylation sites (N-methyl/N-ethyl adjacent to an activating group) is 1. The number of aliphatic hydroxyl groups excluding tert-OH is 2. The van der Waals surface area contributed by atoms with E-state index in [2.05, 4.69) is 4.90 Å². The Bertz CT molecular complexity index is 1360. The number of phenols is 1. The van der Waals surface area contributed by atoms with Crippen LogP contribution in [0.4, 0.5) is 5.69 Å². The topological polar surface area (TPSA) is 177 Å². The van der Waals surface area contributed by atoms with Crippen molar-refractivity contribution < 1.29 is 39.5 Å². The van der Waals surface area contributed by atoms with E-state index in [0.29, 0.717) is 44.0 Å². The minimum absolute atomic E-state index is 0. The second kappa shape index (κ2) is 10.8. The first-order valence-corrected chi connectivity index (χ1v) is 13.3. The molecule has 2 fully saturated rings. The first-order chi connectivity index (χ1) is 18.8. The van der Waals surface area contributed by atoms with Gasteiger partial charge in [0.25, 0.3) is 5.91 Å². The van der Waals surface area contributed by atoms with Gasteiger partial charge in [-0.1, -0.05) is 7.43 Å². The van der Waals surface area contributed by atoms with Crippen molar-refractivity contribution in [3.63, 3.8) is 0 Å². The number of benzene rings is 1. The number of carbonyl (C=O) groups is 3. The standard InChI is InChI=1S/C28H36N4O8.CH4/c1-30(2)17-11-14(12-32-5-7-40-8-6-32)22(33)19-15(17)9-13-10-16-21(31(3)4)24(35)20(27(29)38)26(37)28(16,39)25(36)18(13)23(19)34;/h11,13,16,21,33-34,37,39H,5-10,12H2,1-4H3,(H2,29,38);1H4/t13-,16-,21-,28-;/m0./s1. The number of anilines is 1. The fraction of sp³-hybridized carbons (Fsp3) is 0.552. The Labute approximate surface area is 239 Å². The van der Waals surface area contributed by atoms with Gasteiger partial charge in [-0.05, 0) is 44.5 Å². The van der Waals surface area contributed by atoms with Crippen molar-refractivity contribution in [1.29, 1.82) is 0 Å². The summed E-state index contributed by atoms with van der Waals surface area (Å²) in [5.41, 5.74) is 3.81. The van der Waals surface area contributed by atoms with E-state index < -0.39 is 58.0 Å². The third-order valence-electron chi connectivity index (χ3n) is 8.76. The summed E-state index contributed by atoms with van der Waals surface area (Å²) in [5, 5.41) is 45.8. The van der Waals surface area contributed by atoms with Crippen LogP contribution in [0.2, 0.25) is 0 Å². The number of rotatable bonds is 5. The summed E-state index contributed by atoms with van der Waals surface area (Å²) in [4.78, 5) is 44.9. The zero-order chi connectivity index (χ0) is 29.3. The van der Waals surface area contributed by atoms with E-state index in [1.807, 2.05) is 25.1 Å². The molecule has 3 aliphatic carbocycles. The molecule has 4 aliphatic rings. The monoisotopic (exact) mass is 572 g/mol. The average molecular weight is 573 g/mol. The smallest absolute Gasteiger partial charge is 0.255 e. The molecule has 1 amide bonds. The Hall–Kier alpha value is -3.45. The number of hydrogen-bond donors (Lipinski definition) is 5. The molecule has 0 spiro atoms. The largest absolute Gasteiger partial charge is 0.508 e. The lowest BCUT2D eigenvalue weighted by Crippen LogP contribution is -2.65. The van der Waals surface area contributed by atoms with E-state index in [4.69, 9.17) is 10.5 Å². The molecule has 41 heavy (non-hydrogen) atoms. The van der Waals surface area contributed by atoms with Gasteiger partial charge in [-0.2, -0.15) is 0 Å². The van der Waals surface area contributed by atoms with Gasteiger partial charge in [-0.3, -0.25) is 24.2 Å². The highest BCUT2D eigenvalue weighted by molar-refractivity contribution is 6.24. The molecule has 1 aromatic rings. The highest BCUT2D eigenvalue weighted by atomic mass is 16.5. The summed E-state index contributed by atoms with van der Waals surface area (Å²) in [6, 6.07) is 0.763. The summed E-state index contributed by atoms with van der Waals surface area (Å²) in [5.74, 6) is -6.52. The van der Waals surface area contributed by atoms with Crippen LogP contribution in [-0.4, -0.2) is 114 Å². The molecule has 4 atom stereocenters. The lowest BCUT2D eigenvalue weighted by Gasteiger charge is -2.50. The van der Waals surface area contributed by atoms with E-state index in [0.717, 1.165) is 5.69 Å². The Balaban J connectivity index is 0.00000387. The maximum absolute atomic E-state index is 14.1. The number of nitrogens with two attached hydrogens (primary N) is 1. The number of carbonyl (C=O) groups excluding carboxylic acids is 3. The number of aliphatic hydroxyl groups is 3. The summed E-state index contributed by atoms with van der Waals surface area (Å²) < 4.78 is 5.42. The molecule has 6 N–H and O–H groups in total. The van der Waals surface area contributed by atoms with Crippen LogP contribution in [0.15, 0.2) is 23.0 Å². The SMILES string of the molecule is C.CN(C)c1cc(CN2CCOCC2)c(O)c2c1C[C@H]1C[C@H]3[C@H](N(C)C)C(=O)C(C(N)=O)=C(O)[C@@]3(O)C(=O)C1=C2O. The number of ketones is 2. The molecule has 0 aromatic heterocycles. The highest BCUT2D eigenvalue weighted by Crippen LogP contribution is 2.54. The van der Waals surface area contributed by atoms with Gasteiger partial charge in [0.05, 0.1) is 24.8 Å². The van der Waals surface area contributed by atoms with Gasteiger partial charge >= 0.3 is 0 Å². The fourth-order valence-corrected chi connectivity index (χ4v) is 6.87. The van der Waals surface area contributed by atoms with Gasteiger partial charge in [0.2, 0.25) is 5.78 Å². The zero-order valence-electron chi connectivity index (χ0n) is 23.1. The van der Waals surface area contributed by atoms with Crippen molar-refractivity contribution in [3.05, 3.63) is 39.7 Å². The number of phenolic OH excluding ortho intramolecular Hbond substituents is 1. The molecule has 1 heterocycles. The number of ether oxygens (including phenoxy) is 1. The van der Waals surface area contributed by atoms with E-state index in [1.54, 1.807) is 14.1 Å². The molecule has 0 unspecified atom stereocenters. The highest BCUT2D eigenvalue weighted by Gasteiger charge is 2.64. The number of aromatic hydroxyl groups is 1. The van der Waals surface area contributed by atoms with Crippen molar-refractivity contribution in [2.24, 2.45) is 17.6 Å². The van der Waals surface area contributed by atoms with Crippen molar-refractivity contribution in [2.75, 3.05) is 59.4 Å². The molecular formula is C29H40N4O8. The predicted octanol–water partition coefficient (Wildman–Crippen LogP) is 0.498. The molecule has 1 saturated carbocycles. The number of morpholine rings is 1. The maximum atomic E-state index is 14.1. The molecule has 1 aromatic carbocycles. The van der Waals surface area contributed by atoms with Crippen LogP contribution < -0.4 is 10.6 Å². The Morgan fingerprint density at radius 2 is 1.78 bits per heavy atom. The molecule has 0 radical (unpaired) electrons. The third-order valence-corrected chi connectivity index (χ3v) is 8.76.